The maximum atomic E-state index is 13.1. The molecular weight excluding hydrogens is 262 g/mol. The molecule has 0 aliphatic carbocycles. The summed E-state index contributed by atoms with van der Waals surface area (Å²) >= 11 is 0. The molecule has 0 saturated carbocycles. The average Bonchev–Trinajstić information content (AvgIpc) is 2.33. The molecule has 0 unspecified atom stereocenters. The van der Waals surface area contributed by atoms with Gasteiger partial charge in [0, 0.05) is 11.9 Å². The van der Waals surface area contributed by atoms with Crippen LogP contribution in [0.25, 0.3) is 0 Å². The molecule has 3 nitrogen and oxygen atoms in total. The first kappa shape index (κ1) is 13.1. The molecule has 0 saturated heterocycles. The minimum atomic E-state index is -4.75. The summed E-state index contributed by atoms with van der Waals surface area (Å²) in [6.45, 7) is 0. The third-order valence-electron chi connectivity index (χ3n) is 2.37. The van der Waals surface area contributed by atoms with Gasteiger partial charge >= 0.3 is 6.18 Å². The standard InChI is InChI=1S/C12H9F4N3/c13-9-4-3-7(6-8(9)12(14,15)16)19-11-10(17)2-1-5-18-11/h1-6H,17H2,(H,18,19). The average molecular weight is 271 g/mol. The van der Waals surface area contributed by atoms with Crippen LogP contribution in [0.3, 0.4) is 0 Å². The van der Waals surface area contributed by atoms with Gasteiger partial charge in [-0.2, -0.15) is 13.2 Å². The summed E-state index contributed by atoms with van der Waals surface area (Å²) in [5.74, 6) is -1.12. The third kappa shape index (κ3) is 2.93. The van der Waals surface area contributed by atoms with E-state index in [4.69, 9.17) is 5.73 Å². The van der Waals surface area contributed by atoms with E-state index < -0.39 is 17.6 Å². The molecule has 3 N–H and O–H groups in total. The summed E-state index contributed by atoms with van der Waals surface area (Å²) in [5, 5.41) is 2.61. The van der Waals surface area contributed by atoms with Crippen molar-refractivity contribution in [3.63, 3.8) is 0 Å². The molecule has 0 aliphatic heterocycles. The Morgan fingerprint density at radius 2 is 1.89 bits per heavy atom. The second kappa shape index (κ2) is 4.75. The SMILES string of the molecule is Nc1cccnc1Nc1ccc(F)c(C(F)(F)F)c1. The normalized spacial score (nSPS) is 11.4. The quantitative estimate of drug-likeness (QED) is 0.821. The molecule has 0 spiro atoms. The fourth-order valence-electron chi connectivity index (χ4n) is 1.48. The predicted octanol–water partition coefficient (Wildman–Crippen LogP) is 3.57. The Labute approximate surface area is 106 Å². The lowest BCUT2D eigenvalue weighted by molar-refractivity contribution is -0.139. The molecule has 1 aromatic carbocycles. The molecule has 0 fully saturated rings. The van der Waals surface area contributed by atoms with Crippen molar-refractivity contribution in [2.45, 2.75) is 6.18 Å². The van der Waals surface area contributed by atoms with Gasteiger partial charge in [-0.05, 0) is 30.3 Å². The summed E-state index contributed by atoms with van der Waals surface area (Å²) < 4.78 is 50.7. The number of anilines is 3. The summed E-state index contributed by atoms with van der Waals surface area (Å²) in [4.78, 5) is 3.88. The van der Waals surface area contributed by atoms with Crippen LogP contribution >= 0.6 is 0 Å². The van der Waals surface area contributed by atoms with E-state index in [2.05, 4.69) is 10.3 Å². The van der Waals surface area contributed by atoms with Crippen LogP contribution in [0.15, 0.2) is 36.5 Å². The first-order valence-corrected chi connectivity index (χ1v) is 5.22. The first-order chi connectivity index (χ1) is 8.88. The predicted molar refractivity (Wildman–Crippen MR) is 63.3 cm³/mol. The van der Waals surface area contributed by atoms with Gasteiger partial charge < -0.3 is 11.1 Å². The smallest absolute Gasteiger partial charge is 0.396 e. The lowest BCUT2D eigenvalue weighted by atomic mass is 10.2. The van der Waals surface area contributed by atoms with Crippen LogP contribution in [0.4, 0.5) is 34.8 Å². The Kier molecular flexibility index (Phi) is 3.28. The van der Waals surface area contributed by atoms with Gasteiger partial charge in [-0.1, -0.05) is 0 Å². The number of nitrogen functional groups attached to an aromatic ring is 1. The number of benzene rings is 1. The van der Waals surface area contributed by atoms with E-state index in [1.807, 2.05) is 0 Å². The van der Waals surface area contributed by atoms with E-state index in [0.29, 0.717) is 6.07 Å². The summed E-state index contributed by atoms with van der Waals surface area (Å²) in [6.07, 6.45) is -3.32. The van der Waals surface area contributed by atoms with Gasteiger partial charge in [-0.25, -0.2) is 9.37 Å². The Hall–Kier alpha value is -2.31. The topological polar surface area (TPSA) is 50.9 Å². The highest BCUT2D eigenvalue weighted by atomic mass is 19.4. The number of pyridine rings is 1. The second-order valence-corrected chi connectivity index (χ2v) is 3.76. The molecule has 0 radical (unpaired) electrons. The highest BCUT2D eigenvalue weighted by Crippen LogP contribution is 2.33. The summed E-state index contributed by atoms with van der Waals surface area (Å²) in [7, 11) is 0. The maximum Gasteiger partial charge on any atom is 0.419 e. The van der Waals surface area contributed by atoms with Gasteiger partial charge in [0.2, 0.25) is 0 Å². The zero-order valence-electron chi connectivity index (χ0n) is 9.50. The van der Waals surface area contributed by atoms with Gasteiger partial charge in [0.15, 0.2) is 5.82 Å². The highest BCUT2D eigenvalue weighted by Gasteiger charge is 2.34. The number of hydrogen-bond acceptors (Lipinski definition) is 3. The lowest BCUT2D eigenvalue weighted by Gasteiger charge is -2.12. The van der Waals surface area contributed by atoms with Crippen molar-refractivity contribution < 1.29 is 17.6 Å². The molecule has 2 rings (SSSR count). The lowest BCUT2D eigenvalue weighted by Crippen LogP contribution is -2.09. The Bertz CT molecular complexity index is 596. The Morgan fingerprint density at radius 1 is 1.16 bits per heavy atom. The molecule has 2 aromatic rings. The van der Waals surface area contributed by atoms with Crippen LogP contribution in [-0.2, 0) is 6.18 Å². The number of rotatable bonds is 2. The van der Waals surface area contributed by atoms with Crippen molar-refractivity contribution in [2.75, 3.05) is 11.1 Å². The Morgan fingerprint density at radius 3 is 2.53 bits per heavy atom. The molecule has 0 aliphatic rings. The minimum absolute atomic E-state index is 0.0547. The fraction of sp³-hybridized carbons (Fsp3) is 0.0833. The summed E-state index contributed by atoms with van der Waals surface area (Å²) in [5.41, 5.74) is 4.59. The minimum Gasteiger partial charge on any atom is -0.396 e. The molecule has 0 amide bonds. The largest absolute Gasteiger partial charge is 0.419 e. The van der Waals surface area contributed by atoms with Crippen molar-refractivity contribution in [3.8, 4) is 0 Å². The monoisotopic (exact) mass is 271 g/mol. The van der Waals surface area contributed by atoms with Gasteiger partial charge in [-0.3, -0.25) is 0 Å². The van der Waals surface area contributed by atoms with Crippen LogP contribution in [-0.4, -0.2) is 4.98 Å². The van der Waals surface area contributed by atoms with Crippen molar-refractivity contribution in [2.24, 2.45) is 0 Å². The second-order valence-electron chi connectivity index (χ2n) is 3.76. The number of halogens is 4. The van der Waals surface area contributed by atoms with Gasteiger partial charge in [0.05, 0.1) is 11.3 Å². The fourth-order valence-corrected chi connectivity index (χ4v) is 1.48. The summed E-state index contributed by atoms with van der Waals surface area (Å²) in [6, 6.07) is 5.72. The van der Waals surface area contributed by atoms with E-state index in [1.165, 1.54) is 12.3 Å². The van der Waals surface area contributed by atoms with Gasteiger partial charge in [0.25, 0.3) is 0 Å². The van der Waals surface area contributed by atoms with Crippen LogP contribution in [0.1, 0.15) is 5.56 Å². The number of alkyl halides is 3. The number of nitrogens with two attached hydrogens (primary N) is 1. The van der Waals surface area contributed by atoms with Crippen LogP contribution in [0.2, 0.25) is 0 Å². The van der Waals surface area contributed by atoms with E-state index in [9.17, 15) is 17.6 Å². The molecule has 1 heterocycles. The van der Waals surface area contributed by atoms with Crippen molar-refractivity contribution >= 4 is 17.2 Å². The molecule has 19 heavy (non-hydrogen) atoms. The molecule has 0 atom stereocenters. The number of hydrogen-bond donors (Lipinski definition) is 2. The van der Waals surface area contributed by atoms with Crippen molar-refractivity contribution in [1.29, 1.82) is 0 Å². The zero-order valence-corrected chi connectivity index (χ0v) is 9.50. The van der Waals surface area contributed by atoms with Gasteiger partial charge in [-0.15, -0.1) is 0 Å². The highest BCUT2D eigenvalue weighted by molar-refractivity contribution is 5.68. The number of aromatic nitrogens is 1. The molecule has 7 heteroatoms. The van der Waals surface area contributed by atoms with Crippen LogP contribution in [0, 0.1) is 5.82 Å². The van der Waals surface area contributed by atoms with Crippen LogP contribution < -0.4 is 11.1 Å². The number of nitrogens with one attached hydrogen (secondary N) is 1. The Balaban J connectivity index is 2.35. The zero-order chi connectivity index (χ0) is 14.0. The van der Waals surface area contributed by atoms with Crippen molar-refractivity contribution in [1.82, 2.24) is 4.98 Å². The maximum absolute atomic E-state index is 13.1. The van der Waals surface area contributed by atoms with E-state index in [-0.39, 0.29) is 17.2 Å². The van der Waals surface area contributed by atoms with Gasteiger partial charge in [0.1, 0.15) is 5.82 Å². The third-order valence-corrected chi connectivity index (χ3v) is 2.37. The molecular formula is C12H9F4N3. The molecule has 1 aromatic heterocycles. The van der Waals surface area contributed by atoms with Crippen LogP contribution in [0.5, 0.6) is 0 Å². The molecule has 0 bridgehead atoms. The van der Waals surface area contributed by atoms with E-state index >= 15 is 0 Å². The van der Waals surface area contributed by atoms with E-state index in [1.54, 1.807) is 12.1 Å². The first-order valence-electron chi connectivity index (χ1n) is 5.22. The molecule has 100 valence electrons. The number of nitrogens with zero attached hydrogens (tertiary/aromatic N) is 1. The van der Waals surface area contributed by atoms with E-state index in [0.717, 1.165) is 6.07 Å². The van der Waals surface area contributed by atoms with Crippen molar-refractivity contribution in [3.05, 3.63) is 47.9 Å².